The number of aliphatic hydroxyl groups is 1. The summed E-state index contributed by atoms with van der Waals surface area (Å²) in [4.78, 5) is 3.28. The van der Waals surface area contributed by atoms with Crippen LogP contribution in [-0.2, 0) is 4.74 Å². The third-order valence-electron chi connectivity index (χ3n) is 3.69. The molecule has 1 aromatic heterocycles. The molecule has 0 spiro atoms. The van der Waals surface area contributed by atoms with E-state index < -0.39 is 6.10 Å². The zero-order chi connectivity index (χ0) is 11.7. The zero-order valence-electron chi connectivity index (χ0n) is 10.3. The largest absolute Gasteiger partial charge is 0.387 e. The van der Waals surface area contributed by atoms with Crippen molar-refractivity contribution in [3.8, 4) is 0 Å². The molecule has 3 heteroatoms. The van der Waals surface area contributed by atoms with Crippen LogP contribution in [0, 0.1) is 20.8 Å². The van der Waals surface area contributed by atoms with Crippen LogP contribution in [0.15, 0.2) is 0 Å². The van der Waals surface area contributed by atoms with Gasteiger partial charge in [-0.05, 0) is 44.7 Å². The molecule has 1 aliphatic heterocycles. The monoisotopic (exact) mass is 223 g/mol. The maximum absolute atomic E-state index is 10.2. The number of ether oxygens (including phenoxy) is 1. The van der Waals surface area contributed by atoms with Crippen molar-refractivity contribution >= 4 is 0 Å². The molecule has 2 heterocycles. The number of hydrogen-bond acceptors (Lipinski definition) is 2. The number of aromatic amines is 1. The molecule has 1 aromatic rings. The van der Waals surface area contributed by atoms with Crippen LogP contribution >= 0.6 is 0 Å². The average molecular weight is 223 g/mol. The van der Waals surface area contributed by atoms with Gasteiger partial charge in [-0.1, -0.05) is 0 Å². The molecule has 3 nitrogen and oxygen atoms in total. The third kappa shape index (κ3) is 2.15. The first-order valence-electron chi connectivity index (χ1n) is 6.05. The van der Waals surface area contributed by atoms with Crippen LogP contribution in [0.4, 0.5) is 0 Å². The first kappa shape index (κ1) is 11.7. The average Bonchev–Trinajstić information content (AvgIpc) is 2.83. The Kier molecular flexibility index (Phi) is 3.36. The van der Waals surface area contributed by atoms with Crippen LogP contribution in [0.3, 0.4) is 0 Å². The molecule has 2 rings (SSSR count). The highest BCUT2D eigenvalue weighted by molar-refractivity contribution is 5.35. The summed E-state index contributed by atoms with van der Waals surface area (Å²) in [6.45, 7) is 7.04. The minimum Gasteiger partial charge on any atom is -0.387 e. The van der Waals surface area contributed by atoms with Crippen LogP contribution in [0.25, 0.3) is 0 Å². The number of aryl methyl sites for hydroxylation is 1. The lowest BCUT2D eigenvalue weighted by Crippen LogP contribution is -2.12. The van der Waals surface area contributed by atoms with Gasteiger partial charge in [-0.3, -0.25) is 0 Å². The summed E-state index contributed by atoms with van der Waals surface area (Å²) in [5.41, 5.74) is 4.55. The minimum atomic E-state index is -0.421. The van der Waals surface area contributed by atoms with E-state index in [0.717, 1.165) is 30.8 Å². The Morgan fingerprint density at radius 1 is 1.38 bits per heavy atom. The molecule has 90 valence electrons. The predicted octanol–water partition coefficient (Wildman–Crippen LogP) is 2.54. The standard InChI is InChI=1S/C13H21NO2/c1-8-9(2)13(14-10(8)3)12(15)7-11-5-4-6-16-11/h11-12,14-15H,4-7H2,1-3H3. The molecule has 2 N–H and O–H groups in total. The molecular formula is C13H21NO2. The van der Waals surface area contributed by atoms with Crippen molar-refractivity contribution in [2.75, 3.05) is 6.61 Å². The second kappa shape index (κ2) is 4.60. The van der Waals surface area contributed by atoms with Gasteiger partial charge in [0.1, 0.15) is 0 Å². The Hall–Kier alpha value is -0.800. The Morgan fingerprint density at radius 3 is 2.62 bits per heavy atom. The molecule has 2 atom stereocenters. The molecule has 0 bridgehead atoms. The summed E-state index contributed by atoms with van der Waals surface area (Å²) in [5.74, 6) is 0. The van der Waals surface area contributed by atoms with Crippen LogP contribution in [0.5, 0.6) is 0 Å². The van der Waals surface area contributed by atoms with Crippen LogP contribution in [0.2, 0.25) is 0 Å². The lowest BCUT2D eigenvalue weighted by molar-refractivity contribution is 0.0518. The first-order valence-corrected chi connectivity index (χ1v) is 6.05. The van der Waals surface area contributed by atoms with Crippen molar-refractivity contribution in [2.45, 2.75) is 52.2 Å². The van der Waals surface area contributed by atoms with E-state index in [2.05, 4.69) is 18.8 Å². The highest BCUT2D eigenvalue weighted by Crippen LogP contribution is 2.28. The Morgan fingerprint density at radius 2 is 2.12 bits per heavy atom. The van der Waals surface area contributed by atoms with Gasteiger partial charge in [0.05, 0.1) is 12.2 Å². The maximum atomic E-state index is 10.2. The number of aromatic nitrogens is 1. The molecule has 1 fully saturated rings. The smallest absolute Gasteiger partial charge is 0.0965 e. The van der Waals surface area contributed by atoms with Gasteiger partial charge in [0.15, 0.2) is 0 Å². The molecule has 1 saturated heterocycles. The van der Waals surface area contributed by atoms with E-state index in [4.69, 9.17) is 4.74 Å². The Bertz CT molecular complexity index is 364. The SMILES string of the molecule is Cc1[nH]c(C(O)CC2CCCO2)c(C)c1C. The lowest BCUT2D eigenvalue weighted by atomic mass is 10.0. The minimum absolute atomic E-state index is 0.235. The van der Waals surface area contributed by atoms with Gasteiger partial charge in [-0.2, -0.15) is 0 Å². The number of rotatable bonds is 3. The molecule has 0 aliphatic carbocycles. The topological polar surface area (TPSA) is 45.2 Å². The summed E-state index contributed by atoms with van der Waals surface area (Å²) >= 11 is 0. The fourth-order valence-electron chi connectivity index (χ4n) is 2.40. The van der Waals surface area contributed by atoms with Crippen LogP contribution in [-0.4, -0.2) is 22.8 Å². The Balaban J connectivity index is 2.07. The number of hydrogen-bond donors (Lipinski definition) is 2. The first-order chi connectivity index (χ1) is 7.59. The molecule has 1 aliphatic rings. The Labute approximate surface area is 96.8 Å². The van der Waals surface area contributed by atoms with Gasteiger partial charge in [0.2, 0.25) is 0 Å². The van der Waals surface area contributed by atoms with Crippen molar-refractivity contribution in [2.24, 2.45) is 0 Å². The van der Waals surface area contributed by atoms with E-state index in [-0.39, 0.29) is 6.10 Å². The van der Waals surface area contributed by atoms with Gasteiger partial charge in [-0.15, -0.1) is 0 Å². The lowest BCUT2D eigenvalue weighted by Gasteiger charge is -2.15. The maximum Gasteiger partial charge on any atom is 0.0965 e. The molecule has 0 saturated carbocycles. The second-order valence-electron chi connectivity index (χ2n) is 4.80. The summed E-state index contributed by atoms with van der Waals surface area (Å²) in [5, 5.41) is 10.2. The number of H-pyrrole nitrogens is 1. The normalized spacial score (nSPS) is 22.6. The molecule has 2 unspecified atom stereocenters. The van der Waals surface area contributed by atoms with E-state index in [1.54, 1.807) is 0 Å². The van der Waals surface area contributed by atoms with E-state index >= 15 is 0 Å². The van der Waals surface area contributed by atoms with Gasteiger partial charge in [0.25, 0.3) is 0 Å². The van der Waals surface area contributed by atoms with Crippen LogP contribution in [0.1, 0.15) is 47.9 Å². The molecule has 0 amide bonds. The van der Waals surface area contributed by atoms with Gasteiger partial charge >= 0.3 is 0 Å². The summed E-state index contributed by atoms with van der Waals surface area (Å²) < 4.78 is 5.55. The third-order valence-corrected chi connectivity index (χ3v) is 3.69. The molecular weight excluding hydrogens is 202 g/mol. The fraction of sp³-hybridized carbons (Fsp3) is 0.692. The number of aliphatic hydroxyl groups excluding tert-OH is 1. The second-order valence-corrected chi connectivity index (χ2v) is 4.80. The summed E-state index contributed by atoms with van der Waals surface area (Å²) in [6.07, 6.45) is 2.72. The predicted molar refractivity (Wildman–Crippen MR) is 63.6 cm³/mol. The number of nitrogens with one attached hydrogen (secondary N) is 1. The van der Waals surface area contributed by atoms with Gasteiger partial charge < -0.3 is 14.8 Å². The van der Waals surface area contributed by atoms with Crippen molar-refractivity contribution < 1.29 is 9.84 Å². The molecule has 0 aromatic carbocycles. The van der Waals surface area contributed by atoms with Crippen molar-refractivity contribution in [3.05, 3.63) is 22.5 Å². The van der Waals surface area contributed by atoms with E-state index in [1.807, 2.05) is 6.92 Å². The van der Waals surface area contributed by atoms with Crippen molar-refractivity contribution in [1.29, 1.82) is 0 Å². The van der Waals surface area contributed by atoms with Gasteiger partial charge in [0, 0.05) is 24.4 Å². The van der Waals surface area contributed by atoms with E-state index in [1.165, 1.54) is 11.1 Å². The van der Waals surface area contributed by atoms with E-state index in [0.29, 0.717) is 6.42 Å². The molecule has 16 heavy (non-hydrogen) atoms. The highest BCUT2D eigenvalue weighted by Gasteiger charge is 2.23. The van der Waals surface area contributed by atoms with Crippen LogP contribution < -0.4 is 0 Å². The van der Waals surface area contributed by atoms with Gasteiger partial charge in [-0.25, -0.2) is 0 Å². The highest BCUT2D eigenvalue weighted by atomic mass is 16.5. The van der Waals surface area contributed by atoms with Crippen molar-refractivity contribution in [1.82, 2.24) is 4.98 Å². The quantitative estimate of drug-likeness (QED) is 0.827. The molecule has 0 radical (unpaired) electrons. The van der Waals surface area contributed by atoms with Crippen molar-refractivity contribution in [3.63, 3.8) is 0 Å². The fourth-order valence-corrected chi connectivity index (χ4v) is 2.40. The zero-order valence-corrected chi connectivity index (χ0v) is 10.3. The summed E-state index contributed by atoms with van der Waals surface area (Å²) in [6, 6.07) is 0. The summed E-state index contributed by atoms with van der Waals surface area (Å²) in [7, 11) is 0. The van der Waals surface area contributed by atoms with E-state index in [9.17, 15) is 5.11 Å².